The maximum atomic E-state index is 8.95. The normalized spacial score (nSPS) is 20.6. The number of aryl methyl sites for hydroxylation is 1. The molecule has 19 heavy (non-hydrogen) atoms. The summed E-state index contributed by atoms with van der Waals surface area (Å²) < 4.78 is 0. The third-order valence-corrected chi connectivity index (χ3v) is 3.94. The van der Waals surface area contributed by atoms with E-state index in [9.17, 15) is 0 Å². The molecule has 1 atom stereocenters. The van der Waals surface area contributed by atoms with Crippen LogP contribution in [0.25, 0.3) is 0 Å². The van der Waals surface area contributed by atoms with E-state index in [2.05, 4.69) is 30.0 Å². The monoisotopic (exact) mass is 261 g/mol. The summed E-state index contributed by atoms with van der Waals surface area (Å²) in [5, 5.41) is 12.1. The van der Waals surface area contributed by atoms with Crippen molar-refractivity contribution in [2.75, 3.05) is 11.4 Å². The lowest BCUT2D eigenvalue weighted by molar-refractivity contribution is 0.318. The van der Waals surface area contributed by atoms with Crippen molar-refractivity contribution in [3.63, 3.8) is 0 Å². The molecule has 0 amide bonds. The number of anilines is 1. The standard InChI is InChI=1S/C15H23N3O/c1-3-12-6-4-5-9-18(12)14-10-11(2)7-8-13(14)15(16)17-19/h7-8,10,12,19H,3-6,9H2,1-2H3,(H2,16,17). The Kier molecular flexibility index (Phi) is 4.30. The summed E-state index contributed by atoms with van der Waals surface area (Å²) in [6.07, 6.45) is 4.85. The predicted molar refractivity (Wildman–Crippen MR) is 79.0 cm³/mol. The van der Waals surface area contributed by atoms with Gasteiger partial charge in [0, 0.05) is 23.8 Å². The Morgan fingerprint density at radius 2 is 2.26 bits per heavy atom. The summed E-state index contributed by atoms with van der Waals surface area (Å²) in [4.78, 5) is 2.42. The molecule has 104 valence electrons. The zero-order valence-corrected chi connectivity index (χ0v) is 11.8. The van der Waals surface area contributed by atoms with Crippen LogP contribution in [0.3, 0.4) is 0 Å². The fraction of sp³-hybridized carbons (Fsp3) is 0.533. The van der Waals surface area contributed by atoms with Crippen LogP contribution in [0.2, 0.25) is 0 Å². The molecular formula is C15H23N3O. The number of piperidine rings is 1. The van der Waals surface area contributed by atoms with Crippen LogP contribution in [0, 0.1) is 6.92 Å². The summed E-state index contributed by atoms with van der Waals surface area (Å²) >= 11 is 0. The number of hydrogen-bond donors (Lipinski definition) is 2. The molecule has 1 aromatic carbocycles. The average molecular weight is 261 g/mol. The second-order valence-electron chi connectivity index (χ2n) is 5.26. The van der Waals surface area contributed by atoms with E-state index in [1.807, 2.05) is 12.1 Å². The van der Waals surface area contributed by atoms with Crippen LogP contribution in [-0.2, 0) is 0 Å². The maximum Gasteiger partial charge on any atom is 0.172 e. The lowest BCUT2D eigenvalue weighted by Gasteiger charge is -2.38. The molecule has 0 saturated carbocycles. The van der Waals surface area contributed by atoms with Gasteiger partial charge in [0.1, 0.15) is 0 Å². The van der Waals surface area contributed by atoms with E-state index in [4.69, 9.17) is 10.9 Å². The van der Waals surface area contributed by atoms with Gasteiger partial charge in [-0.1, -0.05) is 18.1 Å². The van der Waals surface area contributed by atoms with E-state index < -0.39 is 0 Å². The smallest absolute Gasteiger partial charge is 0.172 e. The van der Waals surface area contributed by atoms with Gasteiger partial charge in [0.15, 0.2) is 5.84 Å². The molecule has 0 radical (unpaired) electrons. The molecule has 2 rings (SSSR count). The van der Waals surface area contributed by atoms with Crippen LogP contribution in [-0.4, -0.2) is 23.6 Å². The lowest BCUT2D eigenvalue weighted by atomic mass is 9.97. The van der Waals surface area contributed by atoms with Crippen molar-refractivity contribution >= 4 is 11.5 Å². The number of oxime groups is 1. The largest absolute Gasteiger partial charge is 0.409 e. The lowest BCUT2D eigenvalue weighted by Crippen LogP contribution is -2.40. The third kappa shape index (κ3) is 2.83. The van der Waals surface area contributed by atoms with Gasteiger partial charge in [-0.25, -0.2) is 0 Å². The second kappa shape index (κ2) is 5.95. The van der Waals surface area contributed by atoms with Crippen LogP contribution in [0.5, 0.6) is 0 Å². The van der Waals surface area contributed by atoms with E-state index >= 15 is 0 Å². The zero-order valence-electron chi connectivity index (χ0n) is 11.8. The van der Waals surface area contributed by atoms with E-state index in [1.54, 1.807) is 0 Å². The van der Waals surface area contributed by atoms with Crippen LogP contribution in [0.1, 0.15) is 43.7 Å². The van der Waals surface area contributed by atoms with Crippen molar-refractivity contribution in [2.24, 2.45) is 10.9 Å². The summed E-state index contributed by atoms with van der Waals surface area (Å²) in [6, 6.07) is 6.64. The minimum absolute atomic E-state index is 0.190. The first-order valence-electron chi connectivity index (χ1n) is 7.02. The first-order valence-corrected chi connectivity index (χ1v) is 7.02. The van der Waals surface area contributed by atoms with Gasteiger partial charge in [0.05, 0.1) is 0 Å². The van der Waals surface area contributed by atoms with Gasteiger partial charge in [-0.2, -0.15) is 0 Å². The molecule has 1 aromatic rings. The number of amidine groups is 1. The Balaban J connectivity index is 2.44. The van der Waals surface area contributed by atoms with Crippen LogP contribution in [0.15, 0.2) is 23.4 Å². The third-order valence-electron chi connectivity index (χ3n) is 3.94. The number of rotatable bonds is 3. The number of nitrogens with two attached hydrogens (primary N) is 1. The van der Waals surface area contributed by atoms with Crippen molar-refractivity contribution in [1.82, 2.24) is 0 Å². The van der Waals surface area contributed by atoms with Crippen molar-refractivity contribution in [2.45, 2.75) is 45.6 Å². The summed E-state index contributed by atoms with van der Waals surface area (Å²) in [6.45, 7) is 5.35. The van der Waals surface area contributed by atoms with E-state index in [0.29, 0.717) is 6.04 Å². The molecule has 1 unspecified atom stereocenters. The van der Waals surface area contributed by atoms with Crippen molar-refractivity contribution in [3.05, 3.63) is 29.3 Å². The van der Waals surface area contributed by atoms with Crippen molar-refractivity contribution in [3.8, 4) is 0 Å². The molecule has 1 heterocycles. The predicted octanol–water partition coefficient (Wildman–Crippen LogP) is 2.86. The summed E-state index contributed by atoms with van der Waals surface area (Å²) in [7, 11) is 0. The van der Waals surface area contributed by atoms with Crippen LogP contribution < -0.4 is 10.6 Å². The van der Waals surface area contributed by atoms with Crippen LogP contribution in [0.4, 0.5) is 5.69 Å². The molecule has 4 nitrogen and oxygen atoms in total. The van der Waals surface area contributed by atoms with E-state index in [0.717, 1.165) is 24.2 Å². The average Bonchev–Trinajstić information content (AvgIpc) is 2.46. The molecule has 3 N–H and O–H groups in total. The number of hydrogen-bond acceptors (Lipinski definition) is 3. The van der Waals surface area contributed by atoms with Gasteiger partial charge in [0.2, 0.25) is 0 Å². The highest BCUT2D eigenvalue weighted by atomic mass is 16.4. The quantitative estimate of drug-likeness (QED) is 0.380. The molecular weight excluding hydrogens is 238 g/mol. The molecule has 4 heteroatoms. The molecule has 0 aliphatic carbocycles. The van der Waals surface area contributed by atoms with Gasteiger partial charge in [0.25, 0.3) is 0 Å². The van der Waals surface area contributed by atoms with Gasteiger partial charge >= 0.3 is 0 Å². The van der Waals surface area contributed by atoms with Gasteiger partial charge in [-0.15, -0.1) is 0 Å². The minimum atomic E-state index is 0.190. The topological polar surface area (TPSA) is 61.8 Å². The summed E-state index contributed by atoms with van der Waals surface area (Å²) in [5.41, 5.74) is 8.94. The van der Waals surface area contributed by atoms with E-state index in [-0.39, 0.29) is 5.84 Å². The highest BCUT2D eigenvalue weighted by Crippen LogP contribution is 2.30. The van der Waals surface area contributed by atoms with Gasteiger partial charge in [-0.3, -0.25) is 0 Å². The highest BCUT2D eigenvalue weighted by molar-refractivity contribution is 6.02. The Hall–Kier alpha value is -1.71. The maximum absolute atomic E-state index is 8.95. The minimum Gasteiger partial charge on any atom is -0.409 e. The molecule has 1 saturated heterocycles. The Labute approximate surface area is 114 Å². The fourth-order valence-corrected chi connectivity index (χ4v) is 2.89. The molecule has 1 aliphatic heterocycles. The number of nitrogens with zero attached hydrogens (tertiary/aromatic N) is 2. The highest BCUT2D eigenvalue weighted by Gasteiger charge is 2.24. The second-order valence-corrected chi connectivity index (χ2v) is 5.26. The molecule has 1 fully saturated rings. The Morgan fingerprint density at radius 3 is 2.95 bits per heavy atom. The van der Waals surface area contributed by atoms with Crippen molar-refractivity contribution < 1.29 is 5.21 Å². The zero-order chi connectivity index (χ0) is 13.8. The number of benzene rings is 1. The van der Waals surface area contributed by atoms with Gasteiger partial charge in [-0.05, 0) is 50.3 Å². The molecule has 1 aliphatic rings. The van der Waals surface area contributed by atoms with Gasteiger partial charge < -0.3 is 15.8 Å². The Bertz CT molecular complexity index is 470. The fourth-order valence-electron chi connectivity index (χ4n) is 2.89. The first-order chi connectivity index (χ1) is 9.17. The first kappa shape index (κ1) is 13.7. The van der Waals surface area contributed by atoms with Crippen LogP contribution >= 0.6 is 0 Å². The molecule has 0 spiro atoms. The van der Waals surface area contributed by atoms with Crippen molar-refractivity contribution in [1.29, 1.82) is 0 Å². The Morgan fingerprint density at radius 1 is 1.47 bits per heavy atom. The van der Waals surface area contributed by atoms with E-state index in [1.165, 1.54) is 24.8 Å². The SMILES string of the molecule is CCC1CCCCN1c1cc(C)ccc1C(N)=NO. The molecule has 0 aromatic heterocycles. The molecule has 0 bridgehead atoms. The summed E-state index contributed by atoms with van der Waals surface area (Å²) in [5.74, 6) is 0.190.